The Labute approximate surface area is 259 Å². The van der Waals surface area contributed by atoms with Gasteiger partial charge in [0.05, 0.1) is 24.5 Å². The first-order valence-corrected chi connectivity index (χ1v) is 14.0. The summed E-state index contributed by atoms with van der Waals surface area (Å²) in [7, 11) is 3.50. The number of carbonyl (C=O) groups excluding carboxylic acids is 3. The summed E-state index contributed by atoms with van der Waals surface area (Å²) >= 11 is 0. The van der Waals surface area contributed by atoms with E-state index in [4.69, 9.17) is 38.7 Å². The number of hydrogen-bond donors (Lipinski definition) is 3. The predicted molar refractivity (Wildman–Crippen MR) is 145 cm³/mol. The zero-order valence-electron chi connectivity index (χ0n) is 25.1. The van der Waals surface area contributed by atoms with E-state index in [2.05, 4.69) is 4.90 Å². The summed E-state index contributed by atoms with van der Waals surface area (Å²) in [5.74, 6) is -5.95. The molecular weight excluding hydrogens is 627 g/mol. The van der Waals surface area contributed by atoms with Gasteiger partial charge in [0.1, 0.15) is 5.76 Å². The van der Waals surface area contributed by atoms with Gasteiger partial charge < -0.3 is 43.9 Å². The minimum absolute atomic E-state index is 0.128. The quantitative estimate of drug-likeness (QED) is 0.268. The second kappa shape index (κ2) is 12.4. The van der Waals surface area contributed by atoms with Crippen LogP contribution in [-0.2, 0) is 50.0 Å². The summed E-state index contributed by atoms with van der Waals surface area (Å²) in [5, 5.41) is 28.4. The molecule has 17 heteroatoms. The molecule has 0 saturated carbocycles. The molecule has 2 heterocycles. The number of carboxylic acid groups (broad SMARTS) is 2. The number of carbonyl (C=O) groups is 5. The lowest BCUT2D eigenvalue weighted by atomic mass is 9.50. The number of carboxylic acids is 2. The van der Waals surface area contributed by atoms with Crippen LogP contribution in [0.1, 0.15) is 44.2 Å². The number of alkyl halides is 3. The molecule has 1 aromatic carbocycles. The summed E-state index contributed by atoms with van der Waals surface area (Å²) in [6, 6.07) is 3.59. The number of aliphatic carboxylic acids is 2. The largest absolute Gasteiger partial charge is 0.493 e. The van der Waals surface area contributed by atoms with Crippen LogP contribution in [0.5, 0.6) is 11.5 Å². The maximum absolute atomic E-state index is 13.2. The Morgan fingerprint density at radius 1 is 1.15 bits per heavy atom. The number of hydrogen-bond acceptors (Lipinski definition) is 12. The van der Waals surface area contributed by atoms with Crippen molar-refractivity contribution in [3.05, 3.63) is 35.1 Å². The Morgan fingerprint density at radius 2 is 1.80 bits per heavy atom. The topological polar surface area (TPSA) is 195 Å². The molecule has 5 rings (SSSR count). The molecule has 2 aliphatic heterocycles. The molecule has 1 fully saturated rings. The van der Waals surface area contributed by atoms with Crippen molar-refractivity contribution in [2.75, 3.05) is 20.7 Å². The molecule has 0 radical (unpaired) electrons. The highest BCUT2D eigenvalue weighted by molar-refractivity contribution is 5.86. The van der Waals surface area contributed by atoms with Gasteiger partial charge in [-0.05, 0) is 51.1 Å². The lowest BCUT2D eigenvalue weighted by Gasteiger charge is -2.61. The fourth-order valence-electron chi connectivity index (χ4n) is 6.59. The molecule has 0 aromatic heterocycles. The minimum Gasteiger partial charge on any atom is -0.493 e. The van der Waals surface area contributed by atoms with Gasteiger partial charge in [-0.15, -0.1) is 0 Å². The molecule has 0 amide bonds. The Bertz CT molecular complexity index is 1480. The van der Waals surface area contributed by atoms with Crippen LogP contribution in [0.3, 0.4) is 0 Å². The molecule has 6 atom stereocenters. The van der Waals surface area contributed by atoms with Crippen molar-refractivity contribution < 1.29 is 76.1 Å². The monoisotopic (exact) mass is 659 g/mol. The molecule has 1 aromatic rings. The summed E-state index contributed by atoms with van der Waals surface area (Å²) in [6.07, 6.45) is -6.92. The van der Waals surface area contributed by atoms with Crippen molar-refractivity contribution in [1.82, 2.24) is 4.90 Å². The summed E-state index contributed by atoms with van der Waals surface area (Å²) in [6.45, 7) is 2.90. The first-order chi connectivity index (χ1) is 21.4. The number of nitrogens with zero attached hydrogens (tertiary/aromatic N) is 1. The van der Waals surface area contributed by atoms with Gasteiger partial charge in [-0.2, -0.15) is 13.2 Å². The van der Waals surface area contributed by atoms with Crippen LogP contribution < -0.4 is 9.47 Å². The Balaban J connectivity index is 0.000000617. The van der Waals surface area contributed by atoms with Gasteiger partial charge in [0.2, 0.25) is 6.10 Å². The number of methoxy groups -OCH3 is 1. The summed E-state index contributed by atoms with van der Waals surface area (Å²) in [4.78, 5) is 59.3. The van der Waals surface area contributed by atoms with Gasteiger partial charge >= 0.3 is 36.0 Å². The molecule has 252 valence electrons. The van der Waals surface area contributed by atoms with Crippen LogP contribution in [0.4, 0.5) is 13.2 Å². The molecule has 14 nitrogen and oxygen atoms in total. The van der Waals surface area contributed by atoms with Crippen LogP contribution in [0.2, 0.25) is 0 Å². The molecule has 4 aliphatic rings. The minimum atomic E-state index is -5.08. The van der Waals surface area contributed by atoms with Crippen molar-refractivity contribution in [3.63, 3.8) is 0 Å². The molecular formula is C29H32F3NO13. The normalized spacial score (nSPS) is 26.8. The molecule has 2 aliphatic carbocycles. The number of halogens is 3. The fourth-order valence-corrected chi connectivity index (χ4v) is 6.59. The van der Waals surface area contributed by atoms with E-state index >= 15 is 0 Å². The molecule has 1 spiro atoms. The number of benzene rings is 1. The van der Waals surface area contributed by atoms with E-state index in [1.54, 1.807) is 6.08 Å². The van der Waals surface area contributed by atoms with Crippen molar-refractivity contribution in [2.24, 2.45) is 0 Å². The molecule has 3 N–H and O–H groups in total. The standard InChI is InChI=1S/C27H31NO11.C2HF3O2/c1-13(24(31)32)36-20(30)12-18(37-14(2)29)25(33)38-17-7-8-27(34)19-11-15-5-6-16(35-4)22-21(15)26(27,23(17)39-22)9-10-28(19)3;3-2(4,5)1(6)7/h5-7,13,18-19,23,34H,8-12H2,1-4H3,(H,31,32);(H,6,7)/t13?,18?,19-,23+,26+,27-;/m1./s1. The van der Waals surface area contributed by atoms with Crippen LogP contribution in [0, 0.1) is 0 Å². The number of likely N-dealkylation sites (N-methyl/N-ethyl adjacent to an activating group) is 1. The molecule has 1 saturated heterocycles. The van der Waals surface area contributed by atoms with Crippen molar-refractivity contribution in [3.8, 4) is 11.5 Å². The van der Waals surface area contributed by atoms with Gasteiger partial charge in [-0.25, -0.2) is 14.4 Å². The third-order valence-corrected chi connectivity index (χ3v) is 8.60. The van der Waals surface area contributed by atoms with Crippen molar-refractivity contribution in [2.45, 2.75) is 81.1 Å². The van der Waals surface area contributed by atoms with Crippen LogP contribution in [0.25, 0.3) is 0 Å². The molecule has 46 heavy (non-hydrogen) atoms. The smallest absolute Gasteiger partial charge is 0.490 e. The summed E-state index contributed by atoms with van der Waals surface area (Å²) in [5.41, 5.74) is -0.256. The maximum Gasteiger partial charge on any atom is 0.490 e. The zero-order valence-corrected chi connectivity index (χ0v) is 25.1. The highest BCUT2D eigenvalue weighted by atomic mass is 19.4. The SMILES string of the molecule is COc1ccc2c3c1O[C@H]1C(OC(=O)C(CC(=O)OC(C)C(=O)O)OC(C)=O)=CC[C@@]4(O)[C@@H](C2)N(C)CC[C@]314.O=C(O)C(F)(F)F. The lowest BCUT2D eigenvalue weighted by molar-refractivity contribution is -0.192. The lowest BCUT2D eigenvalue weighted by Crippen LogP contribution is -2.74. The number of esters is 3. The second-order valence-corrected chi connectivity index (χ2v) is 11.3. The van der Waals surface area contributed by atoms with E-state index in [1.165, 1.54) is 7.11 Å². The van der Waals surface area contributed by atoms with Gasteiger partial charge in [0, 0.05) is 24.9 Å². The van der Waals surface area contributed by atoms with E-state index < -0.39 is 71.8 Å². The Hall–Kier alpha value is -4.38. The number of likely N-dealkylation sites (tertiary alicyclic amines) is 1. The van der Waals surface area contributed by atoms with Gasteiger partial charge in [-0.3, -0.25) is 9.59 Å². The first kappa shape index (κ1) is 34.5. The van der Waals surface area contributed by atoms with Crippen molar-refractivity contribution in [1.29, 1.82) is 0 Å². The predicted octanol–water partition coefficient (Wildman–Crippen LogP) is 1.49. The fraction of sp³-hybridized carbons (Fsp3) is 0.552. The third-order valence-electron chi connectivity index (χ3n) is 8.60. The average Bonchev–Trinajstić information content (AvgIpc) is 3.31. The Morgan fingerprint density at radius 3 is 2.37 bits per heavy atom. The van der Waals surface area contributed by atoms with Gasteiger partial charge in [-0.1, -0.05) is 6.07 Å². The van der Waals surface area contributed by atoms with Crippen LogP contribution >= 0.6 is 0 Å². The van der Waals surface area contributed by atoms with E-state index in [-0.39, 0.29) is 18.2 Å². The number of aliphatic hydroxyl groups is 1. The van der Waals surface area contributed by atoms with E-state index in [0.717, 1.165) is 25.0 Å². The first-order valence-electron chi connectivity index (χ1n) is 14.0. The van der Waals surface area contributed by atoms with E-state index in [1.807, 2.05) is 19.2 Å². The average molecular weight is 660 g/mol. The summed E-state index contributed by atoms with van der Waals surface area (Å²) < 4.78 is 59.3. The molecule has 2 bridgehead atoms. The van der Waals surface area contributed by atoms with Gasteiger partial charge in [0.15, 0.2) is 23.7 Å². The second-order valence-electron chi connectivity index (χ2n) is 11.3. The van der Waals surface area contributed by atoms with E-state index in [0.29, 0.717) is 30.9 Å². The van der Waals surface area contributed by atoms with Crippen LogP contribution in [-0.4, -0.2) is 107 Å². The van der Waals surface area contributed by atoms with Gasteiger partial charge in [0.25, 0.3) is 0 Å². The highest BCUT2D eigenvalue weighted by Crippen LogP contribution is 2.65. The zero-order chi connectivity index (χ0) is 34.4. The van der Waals surface area contributed by atoms with Crippen LogP contribution in [0.15, 0.2) is 24.0 Å². The third kappa shape index (κ3) is 5.95. The molecule has 2 unspecified atom stereocenters. The number of rotatable bonds is 8. The number of piperidine rings is 1. The Kier molecular flexibility index (Phi) is 9.32. The van der Waals surface area contributed by atoms with Crippen molar-refractivity contribution >= 4 is 29.8 Å². The highest BCUT2D eigenvalue weighted by Gasteiger charge is 2.72. The number of ether oxygens (including phenoxy) is 5. The maximum atomic E-state index is 13.2. The van der Waals surface area contributed by atoms with E-state index in [9.17, 15) is 37.5 Å².